The van der Waals surface area contributed by atoms with Gasteiger partial charge in [0, 0.05) is 0 Å². The number of nitrogens with zero attached hydrogens (tertiary/aromatic N) is 2. The zero-order valence-electron chi connectivity index (χ0n) is 10.0. The van der Waals surface area contributed by atoms with Gasteiger partial charge in [-0.2, -0.15) is 5.26 Å². The summed E-state index contributed by atoms with van der Waals surface area (Å²) in [6.45, 7) is 0. The summed E-state index contributed by atoms with van der Waals surface area (Å²) in [6, 6.07) is 11.6. The second kappa shape index (κ2) is 4.75. The van der Waals surface area contributed by atoms with Crippen LogP contribution in [0.2, 0.25) is 5.02 Å². The molecule has 0 saturated carbocycles. The minimum atomic E-state index is -0.389. The first-order valence-corrected chi connectivity index (χ1v) is 6.49. The first-order valence-electron chi connectivity index (χ1n) is 5.71. The van der Waals surface area contributed by atoms with Crippen molar-refractivity contribution in [3.05, 3.63) is 57.6 Å². The van der Waals surface area contributed by atoms with Crippen LogP contribution in [0.3, 0.4) is 0 Å². The molecule has 0 atom stereocenters. The number of para-hydroxylation sites is 1. The zero-order valence-corrected chi connectivity index (χ0v) is 11.6. The third kappa shape index (κ3) is 1.90. The summed E-state index contributed by atoms with van der Waals surface area (Å²) < 4.78 is 15.7. The Labute approximate surface area is 123 Å². The maximum absolute atomic E-state index is 13.8. The average Bonchev–Trinajstić information content (AvgIpc) is 2.77. The Hall–Kier alpha value is -2.16. The van der Waals surface area contributed by atoms with Crippen LogP contribution in [0.4, 0.5) is 4.39 Å². The average molecular weight is 304 g/mol. The molecule has 0 aliphatic carbocycles. The highest BCUT2D eigenvalue weighted by atomic mass is 35.5. The van der Waals surface area contributed by atoms with E-state index in [1.165, 1.54) is 6.07 Å². The quantitative estimate of drug-likeness (QED) is 0.679. The standard InChI is InChI=1S/C14H7ClFN3S/c15-9-5-4-8(7-17)6-12(9)19-11-3-1-2-10(16)13(11)18-14(19)20/h1-6H,(H,18,20). The first-order chi connectivity index (χ1) is 9.61. The predicted octanol–water partition coefficient (Wildman–Crippen LogP) is 4.35. The van der Waals surface area contributed by atoms with E-state index in [0.29, 0.717) is 32.1 Å². The number of rotatable bonds is 1. The highest BCUT2D eigenvalue weighted by Crippen LogP contribution is 2.27. The number of aromatic amines is 1. The van der Waals surface area contributed by atoms with Crippen LogP contribution in [0.5, 0.6) is 0 Å². The Morgan fingerprint density at radius 3 is 2.85 bits per heavy atom. The molecule has 0 bridgehead atoms. The van der Waals surface area contributed by atoms with Crippen molar-refractivity contribution in [1.29, 1.82) is 5.26 Å². The number of hydrogen-bond acceptors (Lipinski definition) is 2. The smallest absolute Gasteiger partial charge is 0.182 e. The molecule has 3 aromatic rings. The number of benzene rings is 2. The molecule has 3 nitrogen and oxygen atoms in total. The minimum Gasteiger partial charge on any atom is -0.328 e. The number of fused-ring (bicyclic) bond motifs is 1. The van der Waals surface area contributed by atoms with Crippen molar-refractivity contribution in [1.82, 2.24) is 9.55 Å². The number of nitriles is 1. The van der Waals surface area contributed by atoms with E-state index < -0.39 is 0 Å². The van der Waals surface area contributed by atoms with Gasteiger partial charge in [0.1, 0.15) is 11.3 Å². The Balaban J connectivity index is 2.42. The van der Waals surface area contributed by atoms with E-state index in [2.05, 4.69) is 4.98 Å². The lowest BCUT2D eigenvalue weighted by Crippen LogP contribution is -1.96. The monoisotopic (exact) mass is 303 g/mol. The molecule has 0 aliphatic rings. The third-order valence-corrected chi connectivity index (χ3v) is 3.59. The lowest BCUT2D eigenvalue weighted by atomic mass is 10.2. The van der Waals surface area contributed by atoms with Crippen LogP contribution in [0.15, 0.2) is 36.4 Å². The van der Waals surface area contributed by atoms with Crippen LogP contribution in [-0.4, -0.2) is 9.55 Å². The molecule has 1 aromatic heterocycles. The fourth-order valence-corrected chi connectivity index (χ4v) is 2.59. The van der Waals surface area contributed by atoms with Gasteiger partial charge < -0.3 is 4.98 Å². The minimum absolute atomic E-state index is 0.316. The lowest BCUT2D eigenvalue weighted by Gasteiger charge is -2.07. The highest BCUT2D eigenvalue weighted by Gasteiger charge is 2.12. The molecule has 0 unspecified atom stereocenters. The fraction of sp³-hybridized carbons (Fsp3) is 0. The van der Waals surface area contributed by atoms with E-state index in [1.807, 2.05) is 6.07 Å². The fourth-order valence-electron chi connectivity index (χ4n) is 2.09. The molecule has 6 heteroatoms. The second-order valence-electron chi connectivity index (χ2n) is 4.18. The van der Waals surface area contributed by atoms with Crippen LogP contribution >= 0.6 is 23.8 Å². The van der Waals surface area contributed by atoms with Gasteiger partial charge >= 0.3 is 0 Å². The predicted molar refractivity (Wildman–Crippen MR) is 78.1 cm³/mol. The summed E-state index contributed by atoms with van der Waals surface area (Å²) in [5.74, 6) is -0.389. The van der Waals surface area contributed by atoms with Gasteiger partial charge in [0.15, 0.2) is 4.77 Å². The molecule has 0 fully saturated rings. The van der Waals surface area contributed by atoms with Gasteiger partial charge in [-0.3, -0.25) is 4.57 Å². The van der Waals surface area contributed by atoms with Crippen LogP contribution in [0.25, 0.3) is 16.7 Å². The van der Waals surface area contributed by atoms with Crippen molar-refractivity contribution >= 4 is 34.9 Å². The molecule has 1 N–H and O–H groups in total. The van der Waals surface area contributed by atoms with Gasteiger partial charge in [0.25, 0.3) is 0 Å². The van der Waals surface area contributed by atoms with Gasteiger partial charge in [-0.15, -0.1) is 0 Å². The molecule has 0 radical (unpaired) electrons. The maximum Gasteiger partial charge on any atom is 0.182 e. The van der Waals surface area contributed by atoms with Crippen molar-refractivity contribution in [2.24, 2.45) is 0 Å². The number of halogens is 2. The Morgan fingerprint density at radius 1 is 1.30 bits per heavy atom. The van der Waals surface area contributed by atoms with E-state index >= 15 is 0 Å². The van der Waals surface area contributed by atoms with Crippen LogP contribution in [0.1, 0.15) is 5.56 Å². The molecule has 1 heterocycles. The number of hydrogen-bond donors (Lipinski definition) is 1. The van der Waals surface area contributed by atoms with Crippen LogP contribution < -0.4 is 0 Å². The summed E-state index contributed by atoms with van der Waals surface area (Å²) in [7, 11) is 0. The Morgan fingerprint density at radius 2 is 2.10 bits per heavy atom. The van der Waals surface area contributed by atoms with E-state index in [-0.39, 0.29) is 5.82 Å². The van der Waals surface area contributed by atoms with Gasteiger partial charge in [-0.1, -0.05) is 17.7 Å². The number of H-pyrrole nitrogens is 1. The van der Waals surface area contributed by atoms with E-state index in [0.717, 1.165) is 0 Å². The summed E-state index contributed by atoms with van der Waals surface area (Å²) in [5.41, 5.74) is 1.90. The SMILES string of the molecule is N#Cc1ccc(Cl)c(-n2c(=S)[nH]c3c(F)cccc32)c1. The Kier molecular flexibility index (Phi) is 3.05. The van der Waals surface area contributed by atoms with Crippen molar-refractivity contribution in [2.45, 2.75) is 0 Å². The normalized spacial score (nSPS) is 10.7. The summed E-state index contributed by atoms with van der Waals surface area (Å²) in [5, 5.41) is 9.42. The van der Waals surface area contributed by atoms with Gasteiger partial charge in [-0.25, -0.2) is 4.39 Å². The molecule has 0 spiro atoms. The zero-order chi connectivity index (χ0) is 14.3. The molecule has 0 amide bonds. The topological polar surface area (TPSA) is 44.5 Å². The molecule has 98 valence electrons. The molecular formula is C14H7ClFN3S. The van der Waals surface area contributed by atoms with Gasteiger partial charge in [0.05, 0.1) is 27.9 Å². The molecule has 2 aromatic carbocycles. The molecular weight excluding hydrogens is 297 g/mol. The largest absolute Gasteiger partial charge is 0.328 e. The number of imidazole rings is 1. The molecule has 0 saturated heterocycles. The first kappa shape index (κ1) is 12.9. The summed E-state index contributed by atoms with van der Waals surface area (Å²) in [6.07, 6.45) is 0. The van der Waals surface area contributed by atoms with E-state index in [9.17, 15) is 4.39 Å². The lowest BCUT2D eigenvalue weighted by molar-refractivity contribution is 0.637. The summed E-state index contributed by atoms with van der Waals surface area (Å²) in [4.78, 5) is 2.82. The van der Waals surface area contributed by atoms with Crippen LogP contribution in [-0.2, 0) is 0 Å². The van der Waals surface area contributed by atoms with Crippen LogP contribution in [0, 0.1) is 21.9 Å². The summed E-state index contributed by atoms with van der Waals surface area (Å²) >= 11 is 11.4. The number of aromatic nitrogens is 2. The van der Waals surface area contributed by atoms with E-state index in [1.54, 1.807) is 34.9 Å². The van der Waals surface area contributed by atoms with Crippen molar-refractivity contribution in [2.75, 3.05) is 0 Å². The van der Waals surface area contributed by atoms with Gasteiger partial charge in [0.2, 0.25) is 0 Å². The third-order valence-electron chi connectivity index (χ3n) is 2.98. The van der Waals surface area contributed by atoms with Gasteiger partial charge in [-0.05, 0) is 42.5 Å². The second-order valence-corrected chi connectivity index (χ2v) is 4.97. The van der Waals surface area contributed by atoms with E-state index in [4.69, 9.17) is 29.1 Å². The molecule has 3 rings (SSSR count). The van der Waals surface area contributed by atoms with Crippen molar-refractivity contribution in [3.63, 3.8) is 0 Å². The highest BCUT2D eigenvalue weighted by molar-refractivity contribution is 7.71. The van der Waals surface area contributed by atoms with Crippen molar-refractivity contribution < 1.29 is 4.39 Å². The number of nitrogens with one attached hydrogen (secondary N) is 1. The molecule has 0 aliphatic heterocycles. The van der Waals surface area contributed by atoms with Crippen molar-refractivity contribution in [3.8, 4) is 11.8 Å². The maximum atomic E-state index is 13.8. The Bertz CT molecular complexity index is 920. The molecule has 20 heavy (non-hydrogen) atoms.